The lowest BCUT2D eigenvalue weighted by molar-refractivity contribution is 0.0606. The van der Waals surface area contributed by atoms with E-state index in [-0.39, 0.29) is 5.97 Å². The summed E-state index contributed by atoms with van der Waals surface area (Å²) >= 11 is 1.38. The van der Waals surface area contributed by atoms with Gasteiger partial charge in [-0.3, -0.25) is 0 Å². The number of nitrogens with zero attached hydrogens (tertiary/aromatic N) is 2. The Bertz CT molecular complexity index is 346. The maximum Gasteiger partial charge on any atom is 0.349 e. The number of thiazole rings is 1. The molecule has 1 heterocycles. The van der Waals surface area contributed by atoms with E-state index in [0.29, 0.717) is 10.9 Å². The Morgan fingerprint density at radius 1 is 1.71 bits per heavy atom. The van der Waals surface area contributed by atoms with Crippen LogP contribution in [-0.2, 0) is 4.74 Å². The van der Waals surface area contributed by atoms with E-state index >= 15 is 0 Å². The predicted octanol–water partition coefficient (Wildman–Crippen LogP) is 1.53. The van der Waals surface area contributed by atoms with Crippen LogP contribution < -0.4 is 4.90 Å². The second-order valence-corrected chi connectivity index (χ2v) is 4.35. The second kappa shape index (κ2) is 3.57. The number of hydrogen-bond acceptors (Lipinski definition) is 5. The molecule has 0 atom stereocenters. The molecular formula is C9H12N2O2S. The van der Waals surface area contributed by atoms with Crippen LogP contribution in [0.3, 0.4) is 0 Å². The second-order valence-electron chi connectivity index (χ2n) is 3.34. The number of ether oxygens (including phenoxy) is 1. The lowest BCUT2D eigenvalue weighted by Gasteiger charge is -2.13. The summed E-state index contributed by atoms with van der Waals surface area (Å²) in [6.45, 7) is 0. The highest BCUT2D eigenvalue weighted by Gasteiger charge is 2.28. The fourth-order valence-corrected chi connectivity index (χ4v) is 2.11. The van der Waals surface area contributed by atoms with Crippen LogP contribution in [0.5, 0.6) is 0 Å². The molecule has 0 aromatic carbocycles. The molecule has 0 radical (unpaired) electrons. The monoisotopic (exact) mass is 212 g/mol. The number of anilines is 1. The molecule has 0 aliphatic heterocycles. The molecule has 1 aromatic rings. The number of carbonyl (C=O) groups is 1. The third-order valence-electron chi connectivity index (χ3n) is 2.28. The third-order valence-corrected chi connectivity index (χ3v) is 3.34. The van der Waals surface area contributed by atoms with Gasteiger partial charge < -0.3 is 9.64 Å². The minimum Gasteiger partial charge on any atom is -0.465 e. The van der Waals surface area contributed by atoms with Gasteiger partial charge in [0.1, 0.15) is 4.88 Å². The summed E-state index contributed by atoms with van der Waals surface area (Å²) in [5.74, 6) is -0.307. The summed E-state index contributed by atoms with van der Waals surface area (Å²) in [5, 5.41) is 0.896. The Kier molecular flexibility index (Phi) is 2.41. The lowest BCUT2D eigenvalue weighted by Crippen LogP contribution is -2.18. The maximum absolute atomic E-state index is 11.2. The molecule has 0 N–H and O–H groups in total. The Morgan fingerprint density at radius 2 is 2.43 bits per heavy atom. The Balaban J connectivity index is 2.12. The normalized spacial score (nSPS) is 15.3. The van der Waals surface area contributed by atoms with Crippen molar-refractivity contribution in [2.24, 2.45) is 0 Å². The van der Waals surface area contributed by atoms with Crippen molar-refractivity contribution in [3.05, 3.63) is 11.1 Å². The van der Waals surface area contributed by atoms with Gasteiger partial charge in [0.2, 0.25) is 0 Å². The van der Waals surface area contributed by atoms with Crippen molar-refractivity contribution in [2.75, 3.05) is 19.1 Å². The average Bonchev–Trinajstić information content (AvgIpc) is 2.93. The van der Waals surface area contributed by atoms with Crippen molar-refractivity contribution < 1.29 is 9.53 Å². The van der Waals surface area contributed by atoms with E-state index in [1.807, 2.05) is 7.05 Å². The molecule has 1 aliphatic carbocycles. The van der Waals surface area contributed by atoms with Crippen LogP contribution in [-0.4, -0.2) is 31.2 Å². The van der Waals surface area contributed by atoms with Crippen LogP contribution in [0.15, 0.2) is 6.20 Å². The van der Waals surface area contributed by atoms with Gasteiger partial charge in [-0.2, -0.15) is 0 Å². The Labute approximate surface area is 86.5 Å². The third kappa shape index (κ3) is 1.72. The first-order chi connectivity index (χ1) is 6.72. The van der Waals surface area contributed by atoms with Crippen LogP contribution in [0.1, 0.15) is 22.5 Å². The van der Waals surface area contributed by atoms with Crippen molar-refractivity contribution in [3.8, 4) is 0 Å². The van der Waals surface area contributed by atoms with Gasteiger partial charge in [-0.15, -0.1) is 0 Å². The molecule has 0 bridgehead atoms. The number of rotatable bonds is 3. The zero-order valence-electron chi connectivity index (χ0n) is 8.19. The molecule has 1 fully saturated rings. The molecule has 1 saturated carbocycles. The van der Waals surface area contributed by atoms with Crippen LogP contribution in [0.2, 0.25) is 0 Å². The molecule has 0 unspecified atom stereocenters. The van der Waals surface area contributed by atoms with Gasteiger partial charge in [-0.25, -0.2) is 9.78 Å². The zero-order chi connectivity index (χ0) is 10.1. The van der Waals surface area contributed by atoms with Gasteiger partial charge in [-0.1, -0.05) is 11.3 Å². The topological polar surface area (TPSA) is 42.4 Å². The number of carbonyl (C=O) groups excluding carboxylic acids is 1. The van der Waals surface area contributed by atoms with Crippen LogP contribution in [0, 0.1) is 0 Å². The molecule has 0 amide bonds. The first-order valence-corrected chi connectivity index (χ1v) is 5.31. The first kappa shape index (κ1) is 9.45. The zero-order valence-corrected chi connectivity index (χ0v) is 9.00. The van der Waals surface area contributed by atoms with E-state index in [9.17, 15) is 4.79 Å². The predicted molar refractivity (Wildman–Crippen MR) is 54.9 cm³/mol. The Hall–Kier alpha value is -1.10. The van der Waals surface area contributed by atoms with Gasteiger partial charge in [0.25, 0.3) is 0 Å². The van der Waals surface area contributed by atoms with E-state index in [1.165, 1.54) is 31.3 Å². The van der Waals surface area contributed by atoms with Crippen molar-refractivity contribution in [2.45, 2.75) is 18.9 Å². The first-order valence-electron chi connectivity index (χ1n) is 4.49. The lowest BCUT2D eigenvalue weighted by atomic mass is 10.6. The van der Waals surface area contributed by atoms with Gasteiger partial charge >= 0.3 is 5.97 Å². The average molecular weight is 212 g/mol. The highest BCUT2D eigenvalue weighted by molar-refractivity contribution is 7.17. The van der Waals surface area contributed by atoms with Crippen molar-refractivity contribution in [1.82, 2.24) is 4.98 Å². The molecule has 2 rings (SSSR count). The smallest absolute Gasteiger partial charge is 0.349 e. The van der Waals surface area contributed by atoms with E-state index in [0.717, 1.165) is 5.13 Å². The summed E-state index contributed by atoms with van der Waals surface area (Å²) in [4.78, 5) is 18.0. The number of hydrogen-bond donors (Lipinski definition) is 0. The fourth-order valence-electron chi connectivity index (χ4n) is 1.24. The van der Waals surface area contributed by atoms with Gasteiger partial charge in [0.15, 0.2) is 5.13 Å². The molecule has 1 aromatic heterocycles. The molecule has 14 heavy (non-hydrogen) atoms. The summed E-state index contributed by atoms with van der Waals surface area (Å²) in [6.07, 6.45) is 4.03. The van der Waals surface area contributed by atoms with Crippen LogP contribution in [0.25, 0.3) is 0 Å². The minimum atomic E-state index is -0.307. The highest BCUT2D eigenvalue weighted by atomic mass is 32.1. The van der Waals surface area contributed by atoms with Crippen molar-refractivity contribution in [3.63, 3.8) is 0 Å². The molecule has 4 nitrogen and oxygen atoms in total. The summed E-state index contributed by atoms with van der Waals surface area (Å²) < 4.78 is 4.62. The quantitative estimate of drug-likeness (QED) is 0.713. The summed E-state index contributed by atoms with van der Waals surface area (Å²) in [5.41, 5.74) is 0. The molecule has 0 spiro atoms. The van der Waals surface area contributed by atoms with Crippen LogP contribution in [0.4, 0.5) is 5.13 Å². The number of aromatic nitrogens is 1. The van der Waals surface area contributed by atoms with Crippen molar-refractivity contribution >= 4 is 22.4 Å². The molecule has 5 heteroatoms. The Morgan fingerprint density at radius 3 is 3.00 bits per heavy atom. The van der Waals surface area contributed by atoms with Gasteiger partial charge in [0, 0.05) is 13.1 Å². The molecular weight excluding hydrogens is 200 g/mol. The summed E-state index contributed by atoms with van der Waals surface area (Å²) in [6, 6.07) is 0.617. The molecule has 76 valence electrons. The molecule has 0 saturated heterocycles. The number of esters is 1. The maximum atomic E-state index is 11.2. The largest absolute Gasteiger partial charge is 0.465 e. The summed E-state index contributed by atoms with van der Waals surface area (Å²) in [7, 11) is 3.39. The van der Waals surface area contributed by atoms with Crippen molar-refractivity contribution in [1.29, 1.82) is 0 Å². The van der Waals surface area contributed by atoms with Gasteiger partial charge in [0.05, 0.1) is 13.3 Å². The SMILES string of the molecule is COC(=O)c1cnc(N(C)C2CC2)s1. The van der Waals surface area contributed by atoms with E-state index in [2.05, 4.69) is 14.6 Å². The molecule has 1 aliphatic rings. The number of methoxy groups -OCH3 is 1. The minimum absolute atomic E-state index is 0.307. The standard InChI is InChI=1S/C9H12N2O2S/c1-11(6-3-4-6)9-10-5-7(14-9)8(12)13-2/h5-6H,3-4H2,1-2H3. The van der Waals surface area contributed by atoms with E-state index in [4.69, 9.17) is 0 Å². The van der Waals surface area contributed by atoms with E-state index in [1.54, 1.807) is 6.20 Å². The van der Waals surface area contributed by atoms with Gasteiger partial charge in [-0.05, 0) is 12.8 Å². The highest BCUT2D eigenvalue weighted by Crippen LogP contribution is 2.32. The van der Waals surface area contributed by atoms with E-state index < -0.39 is 0 Å². The fraction of sp³-hybridized carbons (Fsp3) is 0.556. The van der Waals surface area contributed by atoms with Crippen LogP contribution >= 0.6 is 11.3 Å².